The first kappa shape index (κ1) is 35.3. The number of nitrogens with zero attached hydrogens (tertiary/aromatic N) is 5. The number of rotatable bonds is 21. The summed E-state index contributed by atoms with van der Waals surface area (Å²) in [4.78, 5) is 9.26. The Labute approximate surface area is 253 Å². The van der Waals surface area contributed by atoms with Gasteiger partial charge in [-0.15, -0.1) is 11.3 Å². The van der Waals surface area contributed by atoms with Crippen LogP contribution in [-0.2, 0) is 23.7 Å². The molecule has 0 aliphatic heterocycles. The summed E-state index contributed by atoms with van der Waals surface area (Å²) in [5.74, 6) is 0. The number of anilines is 1. The average molecular weight is 602 g/mol. The maximum Gasteiger partial charge on any atom is 0.234 e. The summed E-state index contributed by atoms with van der Waals surface area (Å²) in [7, 11) is 0. The fourth-order valence-corrected chi connectivity index (χ4v) is 4.68. The van der Waals surface area contributed by atoms with E-state index in [-0.39, 0.29) is 18.8 Å². The van der Waals surface area contributed by atoms with Crippen molar-refractivity contribution in [3.63, 3.8) is 0 Å². The van der Waals surface area contributed by atoms with E-state index in [1.807, 2.05) is 32.9 Å². The Morgan fingerprint density at radius 2 is 1.60 bits per heavy atom. The second kappa shape index (κ2) is 20.1. The zero-order valence-corrected chi connectivity index (χ0v) is 26.1. The number of thiophene rings is 1. The Bertz CT molecular complexity index is 1190. The summed E-state index contributed by atoms with van der Waals surface area (Å²) >= 11 is 1.19. The number of hydrogen-bond donors (Lipinski definition) is 1. The quantitative estimate of drug-likeness (QED) is 0.0982. The first-order valence-electron chi connectivity index (χ1n) is 14.1. The maximum atomic E-state index is 8.68. The molecular weight excluding hydrogens is 558 g/mol. The van der Waals surface area contributed by atoms with Crippen LogP contribution in [0.25, 0.3) is 9.69 Å². The van der Waals surface area contributed by atoms with Crippen LogP contribution in [0.3, 0.4) is 0 Å². The highest BCUT2D eigenvalue weighted by atomic mass is 32.1. The fourth-order valence-electron chi connectivity index (χ4n) is 3.83. The lowest BCUT2D eigenvalue weighted by atomic mass is 10.1. The highest BCUT2D eigenvalue weighted by Crippen LogP contribution is 2.47. The van der Waals surface area contributed by atoms with Crippen molar-refractivity contribution < 1.29 is 28.8 Å². The third kappa shape index (κ3) is 12.1. The largest absolute Gasteiger partial charge is 0.394 e. The van der Waals surface area contributed by atoms with Crippen molar-refractivity contribution in [3.05, 3.63) is 52.2 Å². The lowest BCUT2D eigenvalue weighted by Gasteiger charge is -2.29. The van der Waals surface area contributed by atoms with E-state index in [0.717, 1.165) is 17.8 Å². The smallest absolute Gasteiger partial charge is 0.234 e. The van der Waals surface area contributed by atoms with Crippen LogP contribution in [0, 0.1) is 27.0 Å². The number of aryl methyl sites for hydroxylation is 1. The van der Waals surface area contributed by atoms with E-state index < -0.39 is 0 Å². The molecule has 0 saturated heterocycles. The van der Waals surface area contributed by atoms with Gasteiger partial charge in [0.05, 0.1) is 90.5 Å². The highest BCUT2D eigenvalue weighted by Gasteiger charge is 2.17. The Balaban J connectivity index is 1.94. The van der Waals surface area contributed by atoms with Gasteiger partial charge < -0.3 is 33.7 Å². The minimum atomic E-state index is -0.152. The molecule has 230 valence electrons. The standard InChI is InChI=1S/C30H43N5O6S/c1-8-35(20-26(21-41-22(2)3)40-18-17-39-16-15-38-14-13-37-12-11-36)25-9-10-27(23(4)19-25)33-34-30-28(31-6)24(5)29(32-7)42-30/h9-10,19,22,26,36H,8,11-18,20-21H2,1-5H3. The normalized spacial score (nSPS) is 12.1. The van der Waals surface area contributed by atoms with Crippen LogP contribution < -0.4 is 4.90 Å². The van der Waals surface area contributed by atoms with Gasteiger partial charge >= 0.3 is 0 Å². The molecule has 2 rings (SSSR count). The van der Waals surface area contributed by atoms with Crippen LogP contribution in [0.2, 0.25) is 0 Å². The van der Waals surface area contributed by atoms with Crippen LogP contribution in [0.5, 0.6) is 0 Å². The lowest BCUT2D eigenvalue weighted by Crippen LogP contribution is -2.38. The summed E-state index contributed by atoms with van der Waals surface area (Å²) < 4.78 is 28.2. The zero-order chi connectivity index (χ0) is 30.7. The van der Waals surface area contributed by atoms with Crippen molar-refractivity contribution in [2.45, 2.75) is 46.8 Å². The van der Waals surface area contributed by atoms with Crippen molar-refractivity contribution in [2.24, 2.45) is 10.2 Å². The molecule has 1 heterocycles. The Hall–Kier alpha value is -2.94. The first-order valence-corrected chi connectivity index (χ1v) is 14.9. The monoisotopic (exact) mass is 601 g/mol. The molecule has 0 fully saturated rings. The molecule has 0 bridgehead atoms. The number of ether oxygens (including phenoxy) is 5. The van der Waals surface area contributed by atoms with Gasteiger partial charge in [-0.2, -0.15) is 10.2 Å². The van der Waals surface area contributed by atoms with Crippen LogP contribution in [0.4, 0.5) is 27.1 Å². The summed E-state index contributed by atoms with van der Waals surface area (Å²) in [6.07, 6.45) is -0.0597. The number of aliphatic hydroxyl groups excluding tert-OH is 1. The first-order chi connectivity index (χ1) is 20.3. The number of aliphatic hydroxyl groups is 1. The van der Waals surface area contributed by atoms with Gasteiger partial charge in [0.25, 0.3) is 0 Å². The van der Waals surface area contributed by atoms with E-state index in [1.165, 1.54) is 11.3 Å². The Morgan fingerprint density at radius 1 is 0.929 bits per heavy atom. The summed E-state index contributed by atoms with van der Waals surface area (Å²) in [6, 6.07) is 5.99. The molecule has 2 aromatic rings. The molecule has 0 aliphatic rings. The minimum absolute atomic E-state index is 0.0104. The third-order valence-electron chi connectivity index (χ3n) is 6.06. The predicted octanol–water partition coefficient (Wildman–Crippen LogP) is 6.56. The summed E-state index contributed by atoms with van der Waals surface area (Å²) in [5, 5.41) is 18.3. The molecule has 1 N–H and O–H groups in total. The van der Waals surface area contributed by atoms with E-state index in [0.29, 0.717) is 86.3 Å². The van der Waals surface area contributed by atoms with Crippen molar-refractivity contribution in [2.75, 3.05) is 77.5 Å². The molecule has 1 unspecified atom stereocenters. The predicted molar refractivity (Wildman–Crippen MR) is 165 cm³/mol. The van der Waals surface area contributed by atoms with Crippen LogP contribution >= 0.6 is 11.3 Å². The van der Waals surface area contributed by atoms with Gasteiger partial charge in [-0.3, -0.25) is 0 Å². The van der Waals surface area contributed by atoms with E-state index in [9.17, 15) is 0 Å². The van der Waals surface area contributed by atoms with Gasteiger partial charge in [-0.1, -0.05) is 6.92 Å². The summed E-state index contributed by atoms with van der Waals surface area (Å²) in [5.41, 5.74) is 3.72. The fraction of sp³-hybridized carbons (Fsp3) is 0.600. The Morgan fingerprint density at radius 3 is 2.17 bits per heavy atom. The SMILES string of the molecule is [C-]#[N+]c1sc(N=Nc2ccc(N(CC)CC(COC(C)C)OCCOCCOCCOCCO)cc2C)c([N+]#[C-])c1C. The van der Waals surface area contributed by atoms with E-state index in [4.69, 9.17) is 41.9 Å². The van der Waals surface area contributed by atoms with Crippen molar-refractivity contribution in [1.82, 2.24) is 0 Å². The van der Waals surface area contributed by atoms with E-state index >= 15 is 0 Å². The maximum absolute atomic E-state index is 8.68. The van der Waals surface area contributed by atoms with Gasteiger partial charge in [0, 0.05) is 18.8 Å². The number of hydrogen-bond acceptors (Lipinski definition) is 10. The van der Waals surface area contributed by atoms with Crippen LogP contribution in [0.15, 0.2) is 28.4 Å². The molecule has 1 atom stereocenters. The topological polar surface area (TPSA) is 103 Å². The van der Waals surface area contributed by atoms with Crippen LogP contribution in [0.1, 0.15) is 31.9 Å². The number of benzene rings is 1. The van der Waals surface area contributed by atoms with Crippen LogP contribution in [-0.4, -0.2) is 89.9 Å². The molecule has 12 heteroatoms. The second-order valence-electron chi connectivity index (χ2n) is 9.55. The molecule has 11 nitrogen and oxygen atoms in total. The van der Waals surface area contributed by atoms with Gasteiger partial charge in [0.1, 0.15) is 5.00 Å². The van der Waals surface area contributed by atoms with Gasteiger partial charge in [-0.25, -0.2) is 9.69 Å². The zero-order valence-electron chi connectivity index (χ0n) is 25.3. The number of azo groups is 1. The minimum Gasteiger partial charge on any atom is -0.394 e. The van der Waals surface area contributed by atoms with Gasteiger partial charge in [0.15, 0.2) is 0 Å². The molecule has 0 aliphatic carbocycles. The lowest BCUT2D eigenvalue weighted by molar-refractivity contribution is -0.0534. The Kier molecular flexibility index (Phi) is 16.8. The van der Waals surface area contributed by atoms with Crippen molar-refractivity contribution in [3.8, 4) is 0 Å². The average Bonchev–Trinajstić information content (AvgIpc) is 3.30. The second-order valence-corrected chi connectivity index (χ2v) is 10.5. The molecule has 0 spiro atoms. The highest BCUT2D eigenvalue weighted by molar-refractivity contribution is 7.20. The number of likely N-dealkylation sites (N-methyl/N-ethyl adjacent to an activating group) is 1. The van der Waals surface area contributed by atoms with E-state index in [2.05, 4.69) is 37.8 Å². The molecule has 0 saturated carbocycles. The van der Waals surface area contributed by atoms with Crippen molar-refractivity contribution in [1.29, 1.82) is 0 Å². The molecule has 0 radical (unpaired) electrons. The molecular formula is C30H43N5O6S. The van der Waals surface area contributed by atoms with Gasteiger partial charge in [-0.05, 0) is 57.0 Å². The molecule has 1 aromatic heterocycles. The third-order valence-corrected chi connectivity index (χ3v) is 7.12. The van der Waals surface area contributed by atoms with Gasteiger partial charge in [0.2, 0.25) is 10.7 Å². The van der Waals surface area contributed by atoms with E-state index in [1.54, 1.807) is 6.92 Å². The summed E-state index contributed by atoms with van der Waals surface area (Å²) in [6.45, 7) is 29.5. The molecule has 42 heavy (non-hydrogen) atoms. The molecule has 1 aromatic carbocycles. The van der Waals surface area contributed by atoms with Crippen molar-refractivity contribution >= 4 is 38.4 Å². The molecule has 0 amide bonds.